The molecule has 11 atom stereocenters. The van der Waals surface area contributed by atoms with Gasteiger partial charge in [0.05, 0.1) is 12.0 Å². The van der Waals surface area contributed by atoms with E-state index in [-0.39, 0.29) is 33.7 Å². The monoisotopic (exact) mass is 456 g/mol. The summed E-state index contributed by atoms with van der Waals surface area (Å²) in [4.78, 5) is 12.2. The highest BCUT2D eigenvalue weighted by Crippen LogP contribution is 2.74. The summed E-state index contributed by atoms with van der Waals surface area (Å²) in [6.45, 7) is 17.1. The summed E-state index contributed by atoms with van der Waals surface area (Å²) < 4.78 is 0. The third-order valence-electron chi connectivity index (χ3n) is 13.2. The van der Waals surface area contributed by atoms with Crippen LogP contribution >= 0.6 is 0 Å². The Balaban J connectivity index is 1.57. The van der Waals surface area contributed by atoms with Crippen molar-refractivity contribution in [1.29, 1.82) is 0 Å². The van der Waals surface area contributed by atoms with E-state index < -0.39 is 5.97 Å². The largest absolute Gasteiger partial charge is 0.481 e. The van der Waals surface area contributed by atoms with Gasteiger partial charge in [-0.3, -0.25) is 4.79 Å². The van der Waals surface area contributed by atoms with E-state index >= 15 is 0 Å². The number of hydrogen-bond donors (Lipinski definition) is 2. The van der Waals surface area contributed by atoms with Crippen LogP contribution in [0.25, 0.3) is 0 Å². The SMILES string of the molecule is CC1CC(C(=O)O)C2CCC3(C)C(=CCC4C5(C)CCC(O)C(C)(C)C5CCC43C)C2C1C. The van der Waals surface area contributed by atoms with Gasteiger partial charge in [0.1, 0.15) is 0 Å². The molecule has 11 unspecified atom stereocenters. The standard InChI is InChI=1S/C30H48O3/c1-17-16-20(26(32)33)19-10-14-29(6)21(25(19)18(17)2)8-9-23-28(5)13-12-24(31)27(3,4)22(28)11-15-30(23,29)7/h8,17-20,22-25,31H,9-16H2,1-7H3,(H,32,33). The average Bonchev–Trinajstić information content (AvgIpc) is 2.73. The van der Waals surface area contributed by atoms with E-state index in [0.29, 0.717) is 35.5 Å². The van der Waals surface area contributed by atoms with Crippen LogP contribution in [-0.4, -0.2) is 22.3 Å². The number of hydrogen-bond acceptors (Lipinski definition) is 2. The molecule has 0 amide bonds. The summed E-state index contributed by atoms with van der Waals surface area (Å²) in [5.41, 5.74) is 2.32. The van der Waals surface area contributed by atoms with Gasteiger partial charge < -0.3 is 10.2 Å². The van der Waals surface area contributed by atoms with Crippen molar-refractivity contribution in [2.45, 2.75) is 106 Å². The van der Waals surface area contributed by atoms with E-state index in [9.17, 15) is 15.0 Å². The molecule has 0 saturated heterocycles. The molecule has 0 bridgehead atoms. The van der Waals surface area contributed by atoms with Crippen LogP contribution in [0.3, 0.4) is 0 Å². The van der Waals surface area contributed by atoms with Gasteiger partial charge in [-0.1, -0.05) is 60.1 Å². The van der Waals surface area contributed by atoms with Gasteiger partial charge in [0, 0.05) is 0 Å². The second-order valence-electron chi connectivity index (χ2n) is 14.4. The fourth-order valence-electron chi connectivity index (χ4n) is 10.9. The van der Waals surface area contributed by atoms with Crippen LogP contribution in [0.4, 0.5) is 0 Å². The molecule has 3 nitrogen and oxygen atoms in total. The molecule has 33 heavy (non-hydrogen) atoms. The van der Waals surface area contributed by atoms with Gasteiger partial charge in [-0.2, -0.15) is 0 Å². The van der Waals surface area contributed by atoms with Gasteiger partial charge in [-0.05, 0) is 109 Å². The summed E-state index contributed by atoms with van der Waals surface area (Å²) in [6, 6.07) is 0. The molecule has 5 rings (SSSR count). The minimum Gasteiger partial charge on any atom is -0.481 e. The number of fused-ring (bicyclic) bond motifs is 7. The topological polar surface area (TPSA) is 57.5 Å². The lowest BCUT2D eigenvalue weighted by Gasteiger charge is -2.70. The molecule has 3 heteroatoms. The number of carbonyl (C=O) groups is 1. The number of aliphatic carboxylic acids is 1. The number of aliphatic hydroxyl groups excluding tert-OH is 1. The lowest BCUT2D eigenvalue weighted by Crippen LogP contribution is -2.64. The van der Waals surface area contributed by atoms with Crippen LogP contribution in [0.1, 0.15) is 99.8 Å². The van der Waals surface area contributed by atoms with E-state index in [1.807, 2.05) is 0 Å². The van der Waals surface area contributed by atoms with Crippen LogP contribution in [0, 0.1) is 63.1 Å². The highest BCUT2D eigenvalue weighted by atomic mass is 16.4. The molecule has 0 heterocycles. The molecule has 5 aliphatic carbocycles. The Kier molecular flexibility index (Phi) is 5.31. The molecule has 2 N–H and O–H groups in total. The maximum absolute atomic E-state index is 12.2. The second-order valence-corrected chi connectivity index (χ2v) is 14.4. The number of aliphatic hydroxyl groups is 1. The first kappa shape index (κ1) is 23.9. The molecule has 5 aliphatic rings. The van der Waals surface area contributed by atoms with E-state index in [0.717, 1.165) is 38.5 Å². The highest BCUT2D eigenvalue weighted by molar-refractivity contribution is 5.71. The van der Waals surface area contributed by atoms with Crippen molar-refractivity contribution in [3.63, 3.8) is 0 Å². The molecule has 4 saturated carbocycles. The minimum atomic E-state index is -0.566. The van der Waals surface area contributed by atoms with Gasteiger partial charge >= 0.3 is 5.97 Å². The molecule has 0 radical (unpaired) electrons. The van der Waals surface area contributed by atoms with Gasteiger partial charge in [-0.25, -0.2) is 0 Å². The zero-order valence-corrected chi connectivity index (χ0v) is 22.2. The lowest BCUT2D eigenvalue weighted by atomic mass is 9.34. The molecule has 0 aromatic carbocycles. The van der Waals surface area contributed by atoms with E-state index in [2.05, 4.69) is 54.5 Å². The number of carboxylic acid groups (broad SMARTS) is 1. The smallest absolute Gasteiger partial charge is 0.306 e. The zero-order chi connectivity index (χ0) is 24.1. The van der Waals surface area contributed by atoms with Crippen molar-refractivity contribution in [3.8, 4) is 0 Å². The number of rotatable bonds is 1. The van der Waals surface area contributed by atoms with Gasteiger partial charge in [-0.15, -0.1) is 0 Å². The summed E-state index contributed by atoms with van der Waals surface area (Å²) >= 11 is 0. The van der Waals surface area contributed by atoms with Crippen molar-refractivity contribution in [3.05, 3.63) is 11.6 Å². The van der Waals surface area contributed by atoms with Gasteiger partial charge in [0.2, 0.25) is 0 Å². The van der Waals surface area contributed by atoms with E-state index in [1.165, 1.54) is 12.8 Å². The van der Waals surface area contributed by atoms with Crippen molar-refractivity contribution < 1.29 is 15.0 Å². The van der Waals surface area contributed by atoms with Crippen LogP contribution in [0.15, 0.2) is 11.6 Å². The molecular formula is C30H48O3. The first-order chi connectivity index (χ1) is 15.3. The summed E-state index contributed by atoms with van der Waals surface area (Å²) in [5, 5.41) is 21.0. The Morgan fingerprint density at radius 1 is 0.970 bits per heavy atom. The second kappa shape index (κ2) is 7.34. The fourth-order valence-corrected chi connectivity index (χ4v) is 10.9. The number of allylic oxidation sites excluding steroid dienone is 2. The third kappa shape index (κ3) is 2.93. The molecule has 186 valence electrons. The maximum Gasteiger partial charge on any atom is 0.306 e. The van der Waals surface area contributed by atoms with Crippen LogP contribution in [0.2, 0.25) is 0 Å². The Labute approximate surface area is 201 Å². The minimum absolute atomic E-state index is 0.0150. The molecule has 0 aromatic rings. The Morgan fingerprint density at radius 2 is 1.67 bits per heavy atom. The van der Waals surface area contributed by atoms with Gasteiger partial charge in [0.25, 0.3) is 0 Å². The molecule has 0 spiro atoms. The van der Waals surface area contributed by atoms with Crippen molar-refractivity contribution >= 4 is 5.97 Å². The molecule has 0 aromatic heterocycles. The van der Waals surface area contributed by atoms with Crippen LogP contribution in [0.5, 0.6) is 0 Å². The van der Waals surface area contributed by atoms with E-state index in [4.69, 9.17) is 0 Å². The predicted molar refractivity (Wildman–Crippen MR) is 133 cm³/mol. The first-order valence-electron chi connectivity index (χ1n) is 13.9. The maximum atomic E-state index is 12.2. The quantitative estimate of drug-likeness (QED) is 0.420. The third-order valence-corrected chi connectivity index (χ3v) is 13.2. The molecule has 4 fully saturated rings. The Hall–Kier alpha value is -0.830. The Bertz CT molecular complexity index is 859. The van der Waals surface area contributed by atoms with Crippen LogP contribution in [-0.2, 0) is 4.79 Å². The van der Waals surface area contributed by atoms with E-state index in [1.54, 1.807) is 5.57 Å². The van der Waals surface area contributed by atoms with Crippen LogP contribution < -0.4 is 0 Å². The summed E-state index contributed by atoms with van der Waals surface area (Å²) in [5.74, 6) is 2.25. The van der Waals surface area contributed by atoms with Gasteiger partial charge in [0.15, 0.2) is 0 Å². The molecular weight excluding hydrogens is 408 g/mol. The zero-order valence-electron chi connectivity index (χ0n) is 22.2. The first-order valence-corrected chi connectivity index (χ1v) is 13.9. The van der Waals surface area contributed by atoms with Crippen molar-refractivity contribution in [1.82, 2.24) is 0 Å². The predicted octanol–water partition coefficient (Wildman–Crippen LogP) is 6.95. The summed E-state index contributed by atoms with van der Waals surface area (Å²) in [7, 11) is 0. The summed E-state index contributed by atoms with van der Waals surface area (Å²) in [6.07, 6.45) is 11.2. The fraction of sp³-hybridized carbons (Fsp3) is 0.900. The molecule has 0 aliphatic heterocycles. The number of carboxylic acids is 1. The normalized spacial score (nSPS) is 55.3. The lowest BCUT2D eigenvalue weighted by molar-refractivity contribution is -0.202. The highest BCUT2D eigenvalue weighted by Gasteiger charge is 2.67. The average molecular weight is 457 g/mol. The van der Waals surface area contributed by atoms with Crippen molar-refractivity contribution in [2.24, 2.45) is 63.1 Å². The Morgan fingerprint density at radius 3 is 2.33 bits per heavy atom. The van der Waals surface area contributed by atoms with Crippen molar-refractivity contribution in [2.75, 3.05) is 0 Å².